The van der Waals surface area contributed by atoms with E-state index in [1.165, 1.54) is 10.9 Å². The first kappa shape index (κ1) is 16.9. The number of pyridine rings is 1. The van der Waals surface area contributed by atoms with Gasteiger partial charge in [0, 0.05) is 43.2 Å². The highest BCUT2D eigenvalue weighted by molar-refractivity contribution is 5.79. The summed E-state index contributed by atoms with van der Waals surface area (Å²) >= 11 is 0. The Morgan fingerprint density at radius 3 is 2.96 bits per heavy atom. The van der Waals surface area contributed by atoms with Crippen LogP contribution < -0.4 is 5.32 Å². The van der Waals surface area contributed by atoms with Gasteiger partial charge in [-0.3, -0.25) is 9.78 Å². The number of piperidine rings is 1. The standard InChI is InChI=1S/C20H27N3O/c1-14(2)20(24)23-10-8-18(15(3)13-23)22-12-16-6-7-19-17(11-16)5-4-9-21-19/h4-7,9,11,14-15,18,22H,8,10,12-13H2,1-3H3. The summed E-state index contributed by atoms with van der Waals surface area (Å²) in [6.45, 7) is 8.77. The van der Waals surface area contributed by atoms with Crippen LogP contribution in [0.3, 0.4) is 0 Å². The Bertz CT molecular complexity index is 713. The minimum atomic E-state index is 0.0907. The van der Waals surface area contributed by atoms with Crippen LogP contribution in [0.25, 0.3) is 10.9 Å². The van der Waals surface area contributed by atoms with Gasteiger partial charge in [-0.05, 0) is 36.1 Å². The summed E-state index contributed by atoms with van der Waals surface area (Å²) in [4.78, 5) is 18.5. The summed E-state index contributed by atoms with van der Waals surface area (Å²) in [5.41, 5.74) is 2.32. The second-order valence-corrected chi connectivity index (χ2v) is 7.22. The quantitative estimate of drug-likeness (QED) is 0.939. The summed E-state index contributed by atoms with van der Waals surface area (Å²) in [5.74, 6) is 0.846. The van der Waals surface area contributed by atoms with Crippen LogP contribution in [0.2, 0.25) is 0 Å². The van der Waals surface area contributed by atoms with Gasteiger partial charge >= 0.3 is 0 Å². The van der Waals surface area contributed by atoms with Crippen molar-refractivity contribution in [2.45, 2.75) is 39.8 Å². The maximum absolute atomic E-state index is 12.2. The summed E-state index contributed by atoms with van der Waals surface area (Å²) in [5, 5.41) is 4.87. The summed E-state index contributed by atoms with van der Waals surface area (Å²) < 4.78 is 0. The van der Waals surface area contributed by atoms with Crippen LogP contribution in [0.15, 0.2) is 36.5 Å². The minimum Gasteiger partial charge on any atom is -0.342 e. The third kappa shape index (κ3) is 3.75. The molecule has 1 fully saturated rings. The molecule has 2 heterocycles. The van der Waals surface area contributed by atoms with E-state index in [0.29, 0.717) is 12.0 Å². The van der Waals surface area contributed by atoms with E-state index in [1.54, 1.807) is 0 Å². The van der Waals surface area contributed by atoms with Crippen LogP contribution in [-0.2, 0) is 11.3 Å². The van der Waals surface area contributed by atoms with Gasteiger partial charge in [0.1, 0.15) is 0 Å². The molecule has 0 saturated carbocycles. The maximum atomic E-state index is 12.2. The summed E-state index contributed by atoms with van der Waals surface area (Å²) in [6.07, 6.45) is 2.85. The molecule has 4 heteroatoms. The van der Waals surface area contributed by atoms with Gasteiger partial charge in [-0.1, -0.05) is 32.9 Å². The van der Waals surface area contributed by atoms with Crippen molar-refractivity contribution in [3.63, 3.8) is 0 Å². The molecule has 1 aliphatic rings. The SMILES string of the molecule is CC(C)C(=O)N1CCC(NCc2ccc3ncccc3c2)C(C)C1. The molecule has 1 aromatic heterocycles. The Hall–Kier alpha value is -1.94. The van der Waals surface area contributed by atoms with Gasteiger partial charge in [0.15, 0.2) is 0 Å². The number of carbonyl (C=O) groups excluding carboxylic acids is 1. The molecule has 0 spiro atoms. The van der Waals surface area contributed by atoms with Crippen molar-refractivity contribution in [2.75, 3.05) is 13.1 Å². The Balaban J connectivity index is 1.57. The summed E-state index contributed by atoms with van der Waals surface area (Å²) in [6, 6.07) is 11.0. The highest BCUT2D eigenvalue weighted by Gasteiger charge is 2.29. The Morgan fingerprint density at radius 2 is 2.21 bits per heavy atom. The number of hydrogen-bond acceptors (Lipinski definition) is 3. The first-order valence-corrected chi connectivity index (χ1v) is 8.90. The van der Waals surface area contributed by atoms with Crippen molar-refractivity contribution < 1.29 is 4.79 Å². The molecule has 2 unspecified atom stereocenters. The van der Waals surface area contributed by atoms with Gasteiger partial charge in [0.25, 0.3) is 0 Å². The highest BCUT2D eigenvalue weighted by atomic mass is 16.2. The van der Waals surface area contributed by atoms with Crippen molar-refractivity contribution in [1.29, 1.82) is 0 Å². The molecule has 0 bridgehead atoms. The first-order chi connectivity index (χ1) is 11.5. The summed E-state index contributed by atoms with van der Waals surface area (Å²) in [7, 11) is 0. The van der Waals surface area contributed by atoms with Crippen LogP contribution in [0.1, 0.15) is 32.8 Å². The molecule has 2 atom stereocenters. The van der Waals surface area contributed by atoms with E-state index >= 15 is 0 Å². The molecule has 0 aliphatic carbocycles. The molecule has 0 radical (unpaired) electrons. The zero-order valence-corrected chi connectivity index (χ0v) is 14.8. The van der Waals surface area contributed by atoms with Crippen LogP contribution in [0, 0.1) is 11.8 Å². The number of carbonyl (C=O) groups is 1. The van der Waals surface area contributed by atoms with E-state index < -0.39 is 0 Å². The van der Waals surface area contributed by atoms with E-state index in [2.05, 4.69) is 41.5 Å². The molecule has 128 valence electrons. The molecule has 4 nitrogen and oxygen atoms in total. The minimum absolute atomic E-state index is 0.0907. The monoisotopic (exact) mass is 325 g/mol. The van der Waals surface area contributed by atoms with E-state index in [9.17, 15) is 4.79 Å². The van der Waals surface area contributed by atoms with Crippen molar-refractivity contribution in [3.8, 4) is 0 Å². The van der Waals surface area contributed by atoms with Crippen molar-refractivity contribution in [1.82, 2.24) is 15.2 Å². The van der Waals surface area contributed by atoms with Gasteiger partial charge in [0.05, 0.1) is 5.52 Å². The lowest BCUT2D eigenvalue weighted by Crippen LogP contribution is -2.50. The Morgan fingerprint density at radius 1 is 1.38 bits per heavy atom. The molecule has 24 heavy (non-hydrogen) atoms. The molecule has 3 rings (SSSR count). The van der Waals surface area contributed by atoms with E-state index in [4.69, 9.17) is 0 Å². The van der Waals surface area contributed by atoms with Crippen LogP contribution >= 0.6 is 0 Å². The van der Waals surface area contributed by atoms with E-state index in [1.807, 2.05) is 31.0 Å². The molecule has 2 aromatic rings. The third-order valence-corrected chi connectivity index (χ3v) is 4.95. The number of likely N-dealkylation sites (tertiary alicyclic amines) is 1. The lowest BCUT2D eigenvalue weighted by Gasteiger charge is -2.38. The zero-order chi connectivity index (χ0) is 17.1. The topological polar surface area (TPSA) is 45.2 Å². The van der Waals surface area contributed by atoms with Crippen molar-refractivity contribution in [3.05, 3.63) is 42.1 Å². The lowest BCUT2D eigenvalue weighted by atomic mass is 9.92. The van der Waals surface area contributed by atoms with Gasteiger partial charge in [-0.25, -0.2) is 0 Å². The molecule has 1 amide bonds. The Labute approximate surface area is 144 Å². The van der Waals surface area contributed by atoms with Gasteiger partial charge < -0.3 is 10.2 Å². The number of hydrogen-bond donors (Lipinski definition) is 1. The van der Waals surface area contributed by atoms with Crippen molar-refractivity contribution >= 4 is 16.8 Å². The average molecular weight is 325 g/mol. The van der Waals surface area contributed by atoms with Crippen LogP contribution in [0.5, 0.6) is 0 Å². The zero-order valence-electron chi connectivity index (χ0n) is 14.8. The largest absolute Gasteiger partial charge is 0.342 e. The number of amides is 1. The fourth-order valence-electron chi connectivity index (χ4n) is 3.50. The molecular weight excluding hydrogens is 298 g/mol. The molecule has 1 aliphatic heterocycles. The Kier molecular flexibility index (Phi) is 5.14. The van der Waals surface area contributed by atoms with Crippen LogP contribution in [0.4, 0.5) is 0 Å². The van der Waals surface area contributed by atoms with Gasteiger partial charge in [0.2, 0.25) is 5.91 Å². The van der Waals surface area contributed by atoms with E-state index in [0.717, 1.165) is 31.6 Å². The lowest BCUT2D eigenvalue weighted by molar-refractivity contribution is -0.136. The number of fused-ring (bicyclic) bond motifs is 1. The maximum Gasteiger partial charge on any atom is 0.225 e. The molecular formula is C20H27N3O. The fourth-order valence-corrected chi connectivity index (χ4v) is 3.50. The van der Waals surface area contributed by atoms with Crippen molar-refractivity contribution in [2.24, 2.45) is 11.8 Å². The third-order valence-electron chi connectivity index (χ3n) is 4.95. The first-order valence-electron chi connectivity index (χ1n) is 8.90. The number of rotatable bonds is 4. The predicted octanol–water partition coefficient (Wildman–Crippen LogP) is 3.22. The predicted molar refractivity (Wildman–Crippen MR) is 97.6 cm³/mol. The van der Waals surface area contributed by atoms with Gasteiger partial charge in [-0.2, -0.15) is 0 Å². The number of benzene rings is 1. The molecule has 1 aromatic carbocycles. The normalized spacial score (nSPS) is 21.4. The van der Waals surface area contributed by atoms with Crippen LogP contribution in [-0.4, -0.2) is 34.9 Å². The smallest absolute Gasteiger partial charge is 0.225 e. The van der Waals surface area contributed by atoms with Gasteiger partial charge in [-0.15, -0.1) is 0 Å². The number of nitrogens with one attached hydrogen (secondary N) is 1. The van der Waals surface area contributed by atoms with E-state index in [-0.39, 0.29) is 11.8 Å². The number of aromatic nitrogens is 1. The average Bonchev–Trinajstić information content (AvgIpc) is 2.59. The fraction of sp³-hybridized carbons (Fsp3) is 0.500. The second-order valence-electron chi connectivity index (χ2n) is 7.22. The second kappa shape index (κ2) is 7.31. The number of nitrogens with zero attached hydrogens (tertiary/aromatic N) is 2. The molecule has 1 N–H and O–H groups in total. The molecule has 1 saturated heterocycles. The highest BCUT2D eigenvalue weighted by Crippen LogP contribution is 2.20.